The molecule has 0 radical (unpaired) electrons. The minimum Gasteiger partial charge on any atom is -0.423 e. The molecule has 312 valence electrons. The first-order chi connectivity index (χ1) is 31.6. The minimum atomic E-state index is -1.49. The van der Waals surface area contributed by atoms with Crippen LogP contribution in [0.5, 0.6) is 0 Å². The zero-order chi connectivity index (χ0) is 44.2. The summed E-state index contributed by atoms with van der Waals surface area (Å²) in [7, 11) is -1.49. The number of hydrogen-bond acceptors (Lipinski definition) is 7. The summed E-state index contributed by atoms with van der Waals surface area (Å²) in [6.07, 6.45) is 7.64. The van der Waals surface area contributed by atoms with E-state index in [2.05, 4.69) is 107 Å². The normalized spacial score (nSPS) is 13.9. The highest BCUT2D eigenvalue weighted by molar-refractivity contribution is 6.59. The SMILES string of the molecule is CC1(C)c2cnccc2-n2c3ccccc3c3cc(-c4nc(-c5ccccc5)nc(-c5ccccc5)n4)cc1c32.CC1(C)c2cnccc2-n2c3ccccc3c3cc(B(O)O)cc1c32. The molecule has 13 rings (SSSR count). The molecule has 0 saturated heterocycles. The molecule has 10 heteroatoms. The van der Waals surface area contributed by atoms with Crippen LogP contribution in [0, 0.1) is 0 Å². The maximum atomic E-state index is 9.80. The molecular formula is C55H42BN7O2. The monoisotopic (exact) mass is 843 g/mol. The van der Waals surface area contributed by atoms with Crippen molar-refractivity contribution >= 4 is 56.2 Å². The number of para-hydroxylation sites is 2. The van der Waals surface area contributed by atoms with Crippen LogP contribution in [0.25, 0.3) is 89.2 Å². The summed E-state index contributed by atoms with van der Waals surface area (Å²) in [5, 5.41) is 24.2. The molecule has 2 N–H and O–H groups in total. The lowest BCUT2D eigenvalue weighted by Crippen LogP contribution is -2.33. The number of rotatable bonds is 4. The van der Waals surface area contributed by atoms with E-state index in [1.165, 1.54) is 38.6 Å². The summed E-state index contributed by atoms with van der Waals surface area (Å²) < 4.78 is 4.67. The zero-order valence-corrected chi connectivity index (χ0v) is 36.3. The number of fused-ring (bicyclic) bond motifs is 10. The highest BCUT2D eigenvalue weighted by Gasteiger charge is 2.38. The van der Waals surface area contributed by atoms with Crippen LogP contribution < -0.4 is 5.46 Å². The predicted molar refractivity (Wildman–Crippen MR) is 261 cm³/mol. The average molecular weight is 844 g/mol. The van der Waals surface area contributed by atoms with E-state index in [0.29, 0.717) is 22.9 Å². The molecule has 0 bridgehead atoms. The second-order valence-corrected chi connectivity index (χ2v) is 18.0. The topological polar surface area (TPSA) is 115 Å². The number of nitrogens with zero attached hydrogens (tertiary/aromatic N) is 7. The van der Waals surface area contributed by atoms with Gasteiger partial charge < -0.3 is 19.2 Å². The highest BCUT2D eigenvalue weighted by Crippen LogP contribution is 2.49. The largest absolute Gasteiger partial charge is 0.488 e. The lowest BCUT2D eigenvalue weighted by Gasteiger charge is -2.34. The van der Waals surface area contributed by atoms with Crippen LogP contribution in [-0.4, -0.2) is 51.2 Å². The molecule has 0 fully saturated rings. The third-order valence-electron chi connectivity index (χ3n) is 13.6. The lowest BCUT2D eigenvalue weighted by molar-refractivity contribution is 0.425. The van der Waals surface area contributed by atoms with E-state index in [9.17, 15) is 10.0 Å². The third kappa shape index (κ3) is 5.84. The molecule has 0 unspecified atom stereocenters. The minimum absolute atomic E-state index is 0.264. The Morgan fingerprint density at radius 1 is 0.431 bits per heavy atom. The first-order valence-corrected chi connectivity index (χ1v) is 21.9. The van der Waals surface area contributed by atoms with Crippen molar-refractivity contribution in [3.63, 3.8) is 0 Å². The summed E-state index contributed by atoms with van der Waals surface area (Å²) >= 11 is 0. The fourth-order valence-electron chi connectivity index (χ4n) is 10.3. The fourth-order valence-corrected chi connectivity index (χ4v) is 10.3. The molecule has 9 nitrogen and oxygen atoms in total. The highest BCUT2D eigenvalue weighted by atomic mass is 16.4. The van der Waals surface area contributed by atoms with Gasteiger partial charge in [0.2, 0.25) is 0 Å². The van der Waals surface area contributed by atoms with Gasteiger partial charge in [0.1, 0.15) is 0 Å². The van der Waals surface area contributed by atoms with Crippen LogP contribution in [0.1, 0.15) is 49.9 Å². The van der Waals surface area contributed by atoms with Crippen molar-refractivity contribution in [1.82, 2.24) is 34.1 Å². The molecule has 2 aliphatic heterocycles. The van der Waals surface area contributed by atoms with E-state index >= 15 is 0 Å². The second-order valence-electron chi connectivity index (χ2n) is 18.0. The first-order valence-electron chi connectivity index (χ1n) is 21.9. The van der Waals surface area contributed by atoms with E-state index in [4.69, 9.17) is 15.0 Å². The van der Waals surface area contributed by atoms with Crippen molar-refractivity contribution in [3.8, 4) is 45.5 Å². The van der Waals surface area contributed by atoms with Gasteiger partial charge in [-0.05, 0) is 53.0 Å². The Labute approximate surface area is 375 Å². The summed E-state index contributed by atoms with van der Waals surface area (Å²) in [5.41, 5.74) is 14.5. The van der Waals surface area contributed by atoms with Crippen molar-refractivity contribution in [2.75, 3.05) is 0 Å². The summed E-state index contributed by atoms with van der Waals surface area (Å²) in [4.78, 5) is 23.8. The molecule has 2 aliphatic rings. The van der Waals surface area contributed by atoms with Crippen LogP contribution in [0.2, 0.25) is 0 Å². The second kappa shape index (κ2) is 14.4. The van der Waals surface area contributed by atoms with E-state index in [1.807, 2.05) is 110 Å². The Bertz CT molecular complexity index is 3650. The molecule has 6 aromatic carbocycles. The molecule has 0 aliphatic carbocycles. The molecule has 0 atom stereocenters. The van der Waals surface area contributed by atoms with Crippen molar-refractivity contribution < 1.29 is 10.0 Å². The maximum Gasteiger partial charge on any atom is 0.488 e. The number of aromatic nitrogens is 7. The van der Waals surface area contributed by atoms with E-state index in [0.717, 1.165) is 55.3 Å². The molecule has 65 heavy (non-hydrogen) atoms. The molecule has 5 aromatic heterocycles. The third-order valence-corrected chi connectivity index (χ3v) is 13.6. The van der Waals surface area contributed by atoms with Crippen LogP contribution in [-0.2, 0) is 10.8 Å². The van der Waals surface area contributed by atoms with E-state index in [-0.39, 0.29) is 10.8 Å². The molecule has 7 heterocycles. The van der Waals surface area contributed by atoms with Crippen LogP contribution in [0.3, 0.4) is 0 Å². The van der Waals surface area contributed by atoms with Crippen molar-refractivity contribution in [3.05, 3.63) is 193 Å². The predicted octanol–water partition coefficient (Wildman–Crippen LogP) is 10.5. The Morgan fingerprint density at radius 3 is 1.35 bits per heavy atom. The number of benzene rings is 6. The molecule has 11 aromatic rings. The Balaban J connectivity index is 0.000000152. The van der Waals surface area contributed by atoms with Crippen LogP contribution in [0.15, 0.2) is 170 Å². The van der Waals surface area contributed by atoms with Crippen molar-refractivity contribution in [2.45, 2.75) is 38.5 Å². The van der Waals surface area contributed by atoms with Gasteiger partial charge >= 0.3 is 7.12 Å². The maximum absolute atomic E-state index is 9.80. The van der Waals surface area contributed by atoms with E-state index in [1.54, 1.807) is 0 Å². The molecule has 0 spiro atoms. The Morgan fingerprint density at radius 2 is 0.862 bits per heavy atom. The van der Waals surface area contributed by atoms with Crippen LogP contribution in [0.4, 0.5) is 0 Å². The fraction of sp³-hybridized carbons (Fsp3) is 0.109. The first kappa shape index (κ1) is 38.9. The summed E-state index contributed by atoms with van der Waals surface area (Å²) in [6.45, 7) is 8.89. The quantitative estimate of drug-likeness (QED) is 0.170. The van der Waals surface area contributed by atoms with Gasteiger partial charge in [-0.15, -0.1) is 0 Å². The van der Waals surface area contributed by atoms with Crippen molar-refractivity contribution in [1.29, 1.82) is 0 Å². The van der Waals surface area contributed by atoms with Gasteiger partial charge in [-0.25, -0.2) is 15.0 Å². The van der Waals surface area contributed by atoms with Gasteiger partial charge in [-0.1, -0.05) is 137 Å². The zero-order valence-electron chi connectivity index (χ0n) is 36.3. The van der Waals surface area contributed by atoms with Gasteiger partial charge in [-0.2, -0.15) is 0 Å². The average Bonchev–Trinajstić information content (AvgIpc) is 3.86. The molecule has 0 amide bonds. The number of pyridine rings is 2. The number of hydrogen-bond donors (Lipinski definition) is 2. The van der Waals surface area contributed by atoms with Crippen molar-refractivity contribution in [2.24, 2.45) is 0 Å². The Hall–Kier alpha value is -7.79. The van der Waals surface area contributed by atoms with Crippen LogP contribution >= 0.6 is 0 Å². The summed E-state index contributed by atoms with van der Waals surface area (Å²) in [6, 6.07) is 49.6. The van der Waals surface area contributed by atoms with Gasteiger partial charge in [0.05, 0.1) is 33.4 Å². The van der Waals surface area contributed by atoms with Gasteiger partial charge in [0.25, 0.3) is 0 Å². The lowest BCUT2D eigenvalue weighted by atomic mass is 9.71. The van der Waals surface area contributed by atoms with Gasteiger partial charge in [-0.3, -0.25) is 9.97 Å². The Kier molecular flexibility index (Phi) is 8.59. The van der Waals surface area contributed by atoms with Gasteiger partial charge in [0.15, 0.2) is 17.5 Å². The standard InChI is InChI=1S/C35H25N5.C20H17BN2O2/c1-35(2)27-20-24(19-26-25-15-9-10-16-29(25)40(31(26)27)30-17-18-36-21-28(30)35)34-38-32(22-11-5-3-6-12-22)37-33(39-34)23-13-7-4-8-14-23;1-20(2)15-10-12(21(24)25)9-14-13-5-3-4-6-17(13)23(19(14)15)18-7-8-22-11-16(18)20/h3-21H,1-2H3;3-11,24-25H,1-2H3. The molecular weight excluding hydrogens is 801 g/mol. The van der Waals surface area contributed by atoms with Gasteiger partial charge in [0, 0.05) is 85.0 Å². The molecule has 0 saturated carbocycles. The summed E-state index contributed by atoms with van der Waals surface area (Å²) in [5.74, 6) is 1.99. The van der Waals surface area contributed by atoms with E-state index < -0.39 is 7.12 Å². The smallest absolute Gasteiger partial charge is 0.423 e.